The lowest BCUT2D eigenvalue weighted by Gasteiger charge is -2.24. The fourth-order valence-electron chi connectivity index (χ4n) is 2.19. The van der Waals surface area contributed by atoms with Crippen molar-refractivity contribution >= 4 is 0 Å². The van der Waals surface area contributed by atoms with E-state index in [1.807, 2.05) is 19.1 Å². The summed E-state index contributed by atoms with van der Waals surface area (Å²) in [5.74, 6) is 0.982. The van der Waals surface area contributed by atoms with Crippen LogP contribution in [0.4, 0.5) is 0 Å². The molecule has 16 heavy (non-hydrogen) atoms. The monoisotopic (exact) mass is 217 g/mol. The Labute approximate surface area is 97.1 Å². The van der Waals surface area contributed by atoms with E-state index in [0.717, 1.165) is 30.6 Å². The third-order valence-electron chi connectivity index (χ3n) is 2.98. The highest BCUT2D eigenvalue weighted by Crippen LogP contribution is 2.34. The Bertz CT molecular complexity index is 398. The highest BCUT2D eigenvalue weighted by Gasteiger charge is 2.19. The summed E-state index contributed by atoms with van der Waals surface area (Å²) in [6.07, 6.45) is 3.31. The lowest BCUT2D eigenvalue weighted by molar-refractivity contribution is 0.345. The SMILES string of the molecule is C=C(C)COc1cccc2c1CCCC2N. The van der Waals surface area contributed by atoms with Gasteiger partial charge in [0.15, 0.2) is 0 Å². The number of hydrogen-bond acceptors (Lipinski definition) is 2. The van der Waals surface area contributed by atoms with Crippen molar-refractivity contribution in [1.29, 1.82) is 0 Å². The Morgan fingerprint density at radius 3 is 3.12 bits per heavy atom. The molecule has 0 radical (unpaired) electrons. The first-order valence-corrected chi connectivity index (χ1v) is 5.83. The van der Waals surface area contributed by atoms with Crippen LogP contribution in [-0.2, 0) is 6.42 Å². The fourth-order valence-corrected chi connectivity index (χ4v) is 2.19. The van der Waals surface area contributed by atoms with E-state index in [1.54, 1.807) is 0 Å². The van der Waals surface area contributed by atoms with Crippen molar-refractivity contribution in [3.63, 3.8) is 0 Å². The standard InChI is InChI=1S/C14H19NO/c1-10(2)9-16-14-8-4-5-11-12(14)6-3-7-13(11)15/h4-5,8,13H,1,3,6-7,9,15H2,2H3. The van der Waals surface area contributed by atoms with Crippen molar-refractivity contribution in [2.45, 2.75) is 32.2 Å². The predicted octanol–water partition coefficient (Wildman–Crippen LogP) is 2.98. The molecular weight excluding hydrogens is 198 g/mol. The number of benzene rings is 1. The molecule has 1 atom stereocenters. The van der Waals surface area contributed by atoms with Gasteiger partial charge in [-0.3, -0.25) is 0 Å². The first-order chi connectivity index (χ1) is 7.68. The van der Waals surface area contributed by atoms with E-state index in [4.69, 9.17) is 10.5 Å². The van der Waals surface area contributed by atoms with Crippen molar-refractivity contribution in [3.8, 4) is 5.75 Å². The average molecular weight is 217 g/mol. The Kier molecular flexibility index (Phi) is 3.30. The summed E-state index contributed by atoms with van der Waals surface area (Å²) >= 11 is 0. The van der Waals surface area contributed by atoms with E-state index in [0.29, 0.717) is 6.61 Å². The van der Waals surface area contributed by atoms with Gasteiger partial charge in [0, 0.05) is 6.04 Å². The van der Waals surface area contributed by atoms with E-state index in [2.05, 4.69) is 12.6 Å². The molecule has 2 heteroatoms. The van der Waals surface area contributed by atoms with E-state index in [9.17, 15) is 0 Å². The maximum atomic E-state index is 6.10. The smallest absolute Gasteiger partial charge is 0.123 e. The molecule has 2 rings (SSSR count). The molecule has 0 amide bonds. The molecule has 86 valence electrons. The van der Waals surface area contributed by atoms with Crippen molar-refractivity contribution in [1.82, 2.24) is 0 Å². The maximum absolute atomic E-state index is 6.10. The minimum absolute atomic E-state index is 0.178. The zero-order valence-corrected chi connectivity index (χ0v) is 9.83. The number of hydrogen-bond donors (Lipinski definition) is 1. The Hall–Kier alpha value is -1.28. The topological polar surface area (TPSA) is 35.2 Å². The van der Waals surface area contributed by atoms with Crippen molar-refractivity contribution in [2.75, 3.05) is 6.61 Å². The van der Waals surface area contributed by atoms with Gasteiger partial charge in [-0.25, -0.2) is 0 Å². The predicted molar refractivity (Wildman–Crippen MR) is 66.6 cm³/mol. The summed E-state index contributed by atoms with van der Waals surface area (Å²) in [6, 6.07) is 6.35. The zero-order chi connectivity index (χ0) is 11.5. The second-order valence-electron chi connectivity index (χ2n) is 4.57. The molecule has 1 aromatic rings. The van der Waals surface area contributed by atoms with Crippen LogP contribution in [0.5, 0.6) is 5.75 Å². The maximum Gasteiger partial charge on any atom is 0.123 e. The molecule has 1 aliphatic rings. The number of fused-ring (bicyclic) bond motifs is 1. The molecule has 1 unspecified atom stereocenters. The number of rotatable bonds is 3. The first-order valence-electron chi connectivity index (χ1n) is 5.83. The van der Waals surface area contributed by atoms with E-state index >= 15 is 0 Å². The second kappa shape index (κ2) is 4.71. The van der Waals surface area contributed by atoms with E-state index in [1.165, 1.54) is 11.1 Å². The molecule has 1 aromatic carbocycles. The summed E-state index contributed by atoms with van der Waals surface area (Å²) in [5.41, 5.74) is 9.69. The minimum atomic E-state index is 0.178. The molecule has 0 aromatic heterocycles. The summed E-state index contributed by atoms with van der Waals surface area (Å²) in [5, 5.41) is 0. The first kappa shape index (κ1) is 11.2. The summed E-state index contributed by atoms with van der Waals surface area (Å²) in [6.45, 7) is 6.41. The van der Waals surface area contributed by atoms with Crippen LogP contribution in [0.3, 0.4) is 0 Å². The quantitative estimate of drug-likeness (QED) is 0.790. The van der Waals surface area contributed by atoms with Gasteiger partial charge in [0.2, 0.25) is 0 Å². The molecule has 0 saturated heterocycles. The van der Waals surface area contributed by atoms with Gasteiger partial charge >= 0.3 is 0 Å². The second-order valence-corrected chi connectivity index (χ2v) is 4.57. The van der Waals surface area contributed by atoms with Gasteiger partial charge in [0.25, 0.3) is 0 Å². The Morgan fingerprint density at radius 1 is 1.56 bits per heavy atom. The van der Waals surface area contributed by atoms with Crippen LogP contribution in [0.2, 0.25) is 0 Å². The van der Waals surface area contributed by atoms with Gasteiger partial charge < -0.3 is 10.5 Å². The highest BCUT2D eigenvalue weighted by atomic mass is 16.5. The molecule has 0 saturated carbocycles. The Morgan fingerprint density at radius 2 is 2.38 bits per heavy atom. The van der Waals surface area contributed by atoms with Crippen LogP contribution in [0.1, 0.15) is 36.9 Å². The molecule has 0 spiro atoms. The highest BCUT2D eigenvalue weighted by molar-refractivity contribution is 5.43. The molecule has 1 aliphatic carbocycles. The lowest BCUT2D eigenvalue weighted by atomic mass is 9.87. The van der Waals surface area contributed by atoms with Crippen LogP contribution in [-0.4, -0.2) is 6.61 Å². The zero-order valence-electron chi connectivity index (χ0n) is 9.83. The van der Waals surface area contributed by atoms with Gasteiger partial charge in [-0.05, 0) is 49.0 Å². The third-order valence-corrected chi connectivity index (χ3v) is 2.98. The van der Waals surface area contributed by atoms with Gasteiger partial charge in [0.05, 0.1) is 0 Å². The van der Waals surface area contributed by atoms with Gasteiger partial charge in [-0.15, -0.1) is 0 Å². The molecule has 0 bridgehead atoms. The van der Waals surface area contributed by atoms with Crippen LogP contribution in [0.25, 0.3) is 0 Å². The summed E-state index contributed by atoms with van der Waals surface area (Å²) in [7, 11) is 0. The number of nitrogens with two attached hydrogens (primary N) is 1. The lowest BCUT2D eigenvalue weighted by Crippen LogP contribution is -2.18. The van der Waals surface area contributed by atoms with Gasteiger partial charge in [0.1, 0.15) is 12.4 Å². The Balaban J connectivity index is 2.25. The van der Waals surface area contributed by atoms with Crippen LogP contribution >= 0.6 is 0 Å². The number of ether oxygens (including phenoxy) is 1. The van der Waals surface area contributed by atoms with E-state index < -0.39 is 0 Å². The van der Waals surface area contributed by atoms with Crippen molar-refractivity contribution in [3.05, 3.63) is 41.5 Å². The molecule has 2 N–H and O–H groups in total. The van der Waals surface area contributed by atoms with Crippen LogP contribution < -0.4 is 10.5 Å². The molecule has 2 nitrogen and oxygen atoms in total. The minimum Gasteiger partial charge on any atom is -0.489 e. The summed E-state index contributed by atoms with van der Waals surface area (Å²) < 4.78 is 5.76. The van der Waals surface area contributed by atoms with E-state index in [-0.39, 0.29) is 6.04 Å². The molecule has 0 aliphatic heterocycles. The van der Waals surface area contributed by atoms with Crippen LogP contribution in [0.15, 0.2) is 30.4 Å². The summed E-state index contributed by atoms with van der Waals surface area (Å²) in [4.78, 5) is 0. The normalized spacial score (nSPS) is 19.0. The third kappa shape index (κ3) is 2.27. The molecule has 0 heterocycles. The largest absolute Gasteiger partial charge is 0.489 e. The molecular formula is C14H19NO. The van der Waals surface area contributed by atoms with Crippen LogP contribution in [0, 0.1) is 0 Å². The fraction of sp³-hybridized carbons (Fsp3) is 0.429. The van der Waals surface area contributed by atoms with Gasteiger partial charge in [-0.2, -0.15) is 0 Å². The van der Waals surface area contributed by atoms with Crippen molar-refractivity contribution in [2.24, 2.45) is 5.73 Å². The van der Waals surface area contributed by atoms with Crippen molar-refractivity contribution < 1.29 is 4.74 Å². The van der Waals surface area contributed by atoms with Gasteiger partial charge in [-0.1, -0.05) is 18.7 Å². The average Bonchev–Trinajstić information content (AvgIpc) is 2.27. The molecule has 0 fully saturated rings.